The molecule has 1 aliphatic rings. The molecule has 0 saturated heterocycles. The molecular weight excluding hydrogens is 272 g/mol. The number of methoxy groups -OCH3 is 1. The molecule has 1 aromatic carbocycles. The van der Waals surface area contributed by atoms with Crippen molar-refractivity contribution in [3.63, 3.8) is 0 Å². The van der Waals surface area contributed by atoms with Crippen LogP contribution in [0.15, 0.2) is 18.2 Å². The summed E-state index contributed by atoms with van der Waals surface area (Å²) in [5.41, 5.74) is 0.999. The van der Waals surface area contributed by atoms with Gasteiger partial charge in [-0.2, -0.15) is 0 Å². The van der Waals surface area contributed by atoms with E-state index >= 15 is 0 Å². The number of carbonyl (C=O) groups is 1. The van der Waals surface area contributed by atoms with Crippen LogP contribution >= 0.6 is 0 Å². The van der Waals surface area contributed by atoms with E-state index in [1.807, 2.05) is 18.2 Å². The Kier molecular flexibility index (Phi) is 6.30. The van der Waals surface area contributed by atoms with E-state index in [2.05, 4.69) is 10.6 Å². The average Bonchev–Trinajstić information content (AvgIpc) is 2.73. The highest BCUT2D eigenvalue weighted by molar-refractivity contribution is 5.77. The zero-order chi connectivity index (χ0) is 14.9. The number of hydrogen-bond donors (Lipinski definition) is 2. The Balaban J connectivity index is 1.82. The second kappa shape index (κ2) is 8.49. The van der Waals surface area contributed by atoms with Gasteiger partial charge in [0, 0.05) is 32.2 Å². The fourth-order valence-electron chi connectivity index (χ4n) is 2.06. The summed E-state index contributed by atoms with van der Waals surface area (Å²) in [5.74, 6) is 1.50. The number of rotatable bonds is 7. The van der Waals surface area contributed by atoms with Gasteiger partial charge < -0.3 is 24.8 Å². The van der Waals surface area contributed by atoms with Crippen LogP contribution in [0.4, 0.5) is 0 Å². The Morgan fingerprint density at radius 3 is 3.05 bits per heavy atom. The van der Waals surface area contributed by atoms with Crippen molar-refractivity contribution >= 4 is 5.91 Å². The topological polar surface area (TPSA) is 68.8 Å². The van der Waals surface area contributed by atoms with E-state index in [-0.39, 0.29) is 12.5 Å². The summed E-state index contributed by atoms with van der Waals surface area (Å²) < 4.78 is 16.2. The number of benzene rings is 1. The number of ether oxygens (including phenoxy) is 3. The van der Waals surface area contributed by atoms with Gasteiger partial charge in [0.15, 0.2) is 11.5 Å². The van der Waals surface area contributed by atoms with E-state index in [0.29, 0.717) is 32.9 Å². The third-order valence-corrected chi connectivity index (χ3v) is 3.08. The Morgan fingerprint density at radius 1 is 1.33 bits per heavy atom. The lowest BCUT2D eigenvalue weighted by molar-refractivity contribution is -0.120. The number of nitrogens with one attached hydrogen (secondary N) is 2. The molecule has 21 heavy (non-hydrogen) atoms. The van der Waals surface area contributed by atoms with E-state index in [9.17, 15) is 4.79 Å². The van der Waals surface area contributed by atoms with Crippen LogP contribution in [0.1, 0.15) is 12.0 Å². The van der Waals surface area contributed by atoms with Gasteiger partial charge in [-0.3, -0.25) is 4.79 Å². The van der Waals surface area contributed by atoms with Gasteiger partial charge in [0.25, 0.3) is 0 Å². The van der Waals surface area contributed by atoms with Crippen molar-refractivity contribution in [2.24, 2.45) is 0 Å². The Hall–Kier alpha value is -1.79. The van der Waals surface area contributed by atoms with Crippen LogP contribution in [0, 0.1) is 0 Å². The minimum absolute atomic E-state index is 0.0498. The van der Waals surface area contributed by atoms with Gasteiger partial charge in [-0.05, 0) is 6.07 Å². The van der Waals surface area contributed by atoms with E-state index < -0.39 is 0 Å². The van der Waals surface area contributed by atoms with E-state index in [1.165, 1.54) is 0 Å². The molecule has 0 aromatic heterocycles. The first-order valence-corrected chi connectivity index (χ1v) is 7.15. The van der Waals surface area contributed by atoms with Crippen LogP contribution < -0.4 is 20.1 Å². The molecule has 6 nitrogen and oxygen atoms in total. The molecule has 2 rings (SSSR count). The smallest absolute Gasteiger partial charge is 0.234 e. The van der Waals surface area contributed by atoms with Crippen molar-refractivity contribution in [3.05, 3.63) is 23.8 Å². The molecule has 0 atom stereocenters. The summed E-state index contributed by atoms with van der Waals surface area (Å²) in [7, 11) is 1.60. The molecule has 0 radical (unpaired) electrons. The van der Waals surface area contributed by atoms with Gasteiger partial charge >= 0.3 is 0 Å². The fraction of sp³-hybridized carbons (Fsp3) is 0.533. The maximum atomic E-state index is 11.6. The lowest BCUT2D eigenvalue weighted by atomic mass is 10.2. The summed E-state index contributed by atoms with van der Waals surface area (Å²) >= 11 is 0. The maximum Gasteiger partial charge on any atom is 0.234 e. The summed E-state index contributed by atoms with van der Waals surface area (Å²) in [6.45, 7) is 3.18. The van der Waals surface area contributed by atoms with Crippen LogP contribution in [0.25, 0.3) is 0 Å². The molecule has 0 saturated carbocycles. The Labute approximate surface area is 124 Å². The predicted molar refractivity (Wildman–Crippen MR) is 78.6 cm³/mol. The highest BCUT2D eigenvalue weighted by atomic mass is 16.5. The summed E-state index contributed by atoms with van der Waals surface area (Å²) in [5, 5.41) is 5.87. The van der Waals surface area contributed by atoms with Crippen LogP contribution in [0.5, 0.6) is 11.5 Å². The molecule has 0 unspecified atom stereocenters. The van der Waals surface area contributed by atoms with E-state index in [0.717, 1.165) is 23.5 Å². The summed E-state index contributed by atoms with van der Waals surface area (Å²) in [6.07, 6.45) is 0.878. The maximum absolute atomic E-state index is 11.6. The molecule has 0 bridgehead atoms. The SMILES string of the molecule is COCCNC(=O)CNCc1cccc2c1OCCCO2. The number of hydrogen-bond acceptors (Lipinski definition) is 5. The molecule has 2 N–H and O–H groups in total. The third-order valence-electron chi connectivity index (χ3n) is 3.08. The lowest BCUT2D eigenvalue weighted by Gasteiger charge is -2.13. The first-order chi connectivity index (χ1) is 10.3. The predicted octanol–water partition coefficient (Wildman–Crippen LogP) is 0.700. The molecule has 0 aliphatic carbocycles. The monoisotopic (exact) mass is 294 g/mol. The Morgan fingerprint density at radius 2 is 2.19 bits per heavy atom. The zero-order valence-electron chi connectivity index (χ0n) is 12.3. The first kappa shape index (κ1) is 15.6. The van der Waals surface area contributed by atoms with Crippen LogP contribution in [0.2, 0.25) is 0 Å². The van der Waals surface area contributed by atoms with Crippen molar-refractivity contribution in [1.82, 2.24) is 10.6 Å². The molecule has 0 spiro atoms. The van der Waals surface area contributed by atoms with Gasteiger partial charge in [-0.15, -0.1) is 0 Å². The molecule has 1 aromatic rings. The van der Waals surface area contributed by atoms with E-state index in [1.54, 1.807) is 7.11 Å². The van der Waals surface area contributed by atoms with Gasteiger partial charge in [0.05, 0.1) is 26.4 Å². The van der Waals surface area contributed by atoms with Crippen molar-refractivity contribution < 1.29 is 19.0 Å². The number of carbonyl (C=O) groups excluding carboxylic acids is 1. The normalized spacial score (nSPS) is 13.6. The number of para-hydroxylation sites is 1. The highest BCUT2D eigenvalue weighted by Crippen LogP contribution is 2.32. The molecule has 0 fully saturated rings. The van der Waals surface area contributed by atoms with Crippen molar-refractivity contribution in [2.45, 2.75) is 13.0 Å². The van der Waals surface area contributed by atoms with Crippen LogP contribution in [-0.2, 0) is 16.1 Å². The largest absolute Gasteiger partial charge is 0.490 e. The molecule has 116 valence electrons. The van der Waals surface area contributed by atoms with Crippen molar-refractivity contribution in [1.29, 1.82) is 0 Å². The Bertz CT molecular complexity index is 465. The summed E-state index contributed by atoms with van der Waals surface area (Å²) in [4.78, 5) is 11.6. The fourth-order valence-corrected chi connectivity index (χ4v) is 2.06. The second-order valence-corrected chi connectivity index (χ2v) is 4.74. The zero-order valence-corrected chi connectivity index (χ0v) is 12.3. The highest BCUT2D eigenvalue weighted by Gasteiger charge is 2.14. The molecular formula is C15H22N2O4. The quantitative estimate of drug-likeness (QED) is 0.725. The average molecular weight is 294 g/mol. The van der Waals surface area contributed by atoms with Gasteiger partial charge in [-0.25, -0.2) is 0 Å². The molecule has 6 heteroatoms. The first-order valence-electron chi connectivity index (χ1n) is 7.15. The van der Waals surface area contributed by atoms with Crippen LogP contribution in [0.3, 0.4) is 0 Å². The molecule has 1 amide bonds. The minimum atomic E-state index is -0.0498. The van der Waals surface area contributed by atoms with Gasteiger partial charge in [0.1, 0.15) is 0 Å². The van der Waals surface area contributed by atoms with Gasteiger partial charge in [-0.1, -0.05) is 12.1 Å². The number of amides is 1. The number of fused-ring (bicyclic) bond motifs is 1. The van der Waals surface area contributed by atoms with Gasteiger partial charge in [0.2, 0.25) is 5.91 Å². The molecule has 1 aliphatic heterocycles. The molecule has 1 heterocycles. The second-order valence-electron chi connectivity index (χ2n) is 4.74. The van der Waals surface area contributed by atoms with Crippen LogP contribution in [-0.4, -0.2) is 45.9 Å². The third kappa shape index (κ3) is 4.91. The van der Waals surface area contributed by atoms with E-state index in [4.69, 9.17) is 14.2 Å². The standard InChI is InChI=1S/C15H22N2O4/c1-19-9-6-17-14(18)11-16-10-12-4-2-5-13-15(12)21-8-3-7-20-13/h2,4-5,16H,3,6-11H2,1H3,(H,17,18). The minimum Gasteiger partial charge on any atom is -0.490 e. The van der Waals surface area contributed by atoms with Crippen molar-refractivity contribution in [3.8, 4) is 11.5 Å². The lowest BCUT2D eigenvalue weighted by Crippen LogP contribution is -2.35. The van der Waals surface area contributed by atoms with Crippen molar-refractivity contribution in [2.75, 3.05) is 40.0 Å². The summed E-state index contributed by atoms with van der Waals surface area (Å²) in [6, 6.07) is 5.81.